The molecule has 0 aromatic carbocycles. The van der Waals surface area contributed by atoms with E-state index in [-0.39, 0.29) is 23.8 Å². The number of aromatic nitrogens is 2. The molecule has 0 radical (unpaired) electrons. The first kappa shape index (κ1) is 17.8. The van der Waals surface area contributed by atoms with Gasteiger partial charge in [-0.05, 0) is 19.3 Å². The second-order valence-electron chi connectivity index (χ2n) is 7.11. The first-order valence-electron chi connectivity index (χ1n) is 9.06. The molecular formula is C18H26N4O3. The van der Waals surface area contributed by atoms with Gasteiger partial charge >= 0.3 is 0 Å². The predicted molar refractivity (Wildman–Crippen MR) is 91.9 cm³/mol. The van der Waals surface area contributed by atoms with Gasteiger partial charge in [0.2, 0.25) is 5.91 Å². The van der Waals surface area contributed by atoms with Crippen molar-refractivity contribution in [3.05, 3.63) is 23.8 Å². The van der Waals surface area contributed by atoms with Crippen molar-refractivity contribution in [3.63, 3.8) is 0 Å². The summed E-state index contributed by atoms with van der Waals surface area (Å²) in [6, 6.07) is 0. The first-order valence-corrected chi connectivity index (χ1v) is 9.06. The van der Waals surface area contributed by atoms with Gasteiger partial charge in [-0.1, -0.05) is 6.92 Å². The molecule has 2 amide bonds. The minimum absolute atomic E-state index is 0.0222. The van der Waals surface area contributed by atoms with Gasteiger partial charge in [0, 0.05) is 56.8 Å². The van der Waals surface area contributed by atoms with Crippen LogP contribution in [0.5, 0.6) is 0 Å². The van der Waals surface area contributed by atoms with Crippen LogP contribution in [-0.2, 0) is 11.2 Å². The van der Waals surface area contributed by atoms with E-state index in [9.17, 15) is 14.7 Å². The van der Waals surface area contributed by atoms with Crippen LogP contribution in [0.2, 0.25) is 0 Å². The Hall–Kier alpha value is -2.02. The number of hydrogen-bond donors (Lipinski definition) is 1. The second kappa shape index (κ2) is 7.47. The number of aliphatic hydroxyl groups is 1. The fraction of sp³-hybridized carbons (Fsp3) is 0.667. The molecule has 1 N–H and O–H groups in total. The highest BCUT2D eigenvalue weighted by Crippen LogP contribution is 2.39. The smallest absolute Gasteiger partial charge is 0.257 e. The quantitative estimate of drug-likeness (QED) is 0.874. The van der Waals surface area contributed by atoms with Gasteiger partial charge in [-0.25, -0.2) is 9.97 Å². The number of β-amino-alcohol motifs (C(OH)–C–C–N with tert-alkyl or cyclic N) is 1. The number of hydrogen-bond acceptors (Lipinski definition) is 5. The van der Waals surface area contributed by atoms with Crippen LogP contribution in [0.25, 0.3) is 0 Å². The molecule has 3 heterocycles. The zero-order valence-corrected chi connectivity index (χ0v) is 14.8. The lowest BCUT2D eigenvalue weighted by Crippen LogP contribution is -2.55. The maximum Gasteiger partial charge on any atom is 0.257 e. The van der Waals surface area contributed by atoms with Crippen molar-refractivity contribution in [2.45, 2.75) is 39.0 Å². The highest BCUT2D eigenvalue weighted by molar-refractivity contribution is 5.93. The number of amides is 2. The lowest BCUT2D eigenvalue weighted by Gasteiger charge is -2.48. The maximum atomic E-state index is 12.8. The van der Waals surface area contributed by atoms with Crippen LogP contribution in [0.4, 0.5) is 0 Å². The summed E-state index contributed by atoms with van der Waals surface area (Å²) in [5.74, 6) is 0.802. The van der Waals surface area contributed by atoms with E-state index in [4.69, 9.17) is 0 Å². The molecule has 0 unspecified atom stereocenters. The minimum Gasteiger partial charge on any atom is -0.395 e. The highest BCUT2D eigenvalue weighted by atomic mass is 16.3. The molecule has 2 fully saturated rings. The molecule has 7 nitrogen and oxygen atoms in total. The molecule has 25 heavy (non-hydrogen) atoms. The van der Waals surface area contributed by atoms with E-state index >= 15 is 0 Å². The standard InChI is InChI=1S/C18H26N4O3/c1-2-15-19-10-14(11-20-15)17(25)22-7-3-5-18(13-22)6-4-16(24)21(12-18)8-9-23/h10-11,23H,2-9,12-13H2,1H3/t18-/m1/s1. The van der Waals surface area contributed by atoms with E-state index in [1.165, 1.54) is 0 Å². The molecule has 7 heteroatoms. The molecule has 2 aliphatic heterocycles. The molecule has 0 bridgehead atoms. The van der Waals surface area contributed by atoms with Crippen molar-refractivity contribution in [2.75, 3.05) is 32.8 Å². The van der Waals surface area contributed by atoms with Crippen LogP contribution in [0.1, 0.15) is 48.8 Å². The average Bonchev–Trinajstić information content (AvgIpc) is 2.65. The molecule has 0 aliphatic carbocycles. The van der Waals surface area contributed by atoms with E-state index in [0.29, 0.717) is 31.6 Å². The molecule has 0 saturated carbocycles. The normalized spacial score (nSPS) is 24.0. The Morgan fingerprint density at radius 2 is 2.04 bits per heavy atom. The number of carbonyl (C=O) groups excluding carboxylic acids is 2. The maximum absolute atomic E-state index is 12.8. The van der Waals surface area contributed by atoms with Crippen molar-refractivity contribution in [1.82, 2.24) is 19.8 Å². The zero-order valence-electron chi connectivity index (χ0n) is 14.8. The largest absolute Gasteiger partial charge is 0.395 e. The van der Waals surface area contributed by atoms with Gasteiger partial charge < -0.3 is 14.9 Å². The third-order valence-electron chi connectivity index (χ3n) is 5.34. The number of nitrogens with zero attached hydrogens (tertiary/aromatic N) is 4. The van der Waals surface area contributed by atoms with Crippen LogP contribution in [0.15, 0.2) is 12.4 Å². The molecule has 2 aliphatic rings. The summed E-state index contributed by atoms with van der Waals surface area (Å²) in [5, 5.41) is 9.18. The molecule has 3 rings (SSSR count). The van der Waals surface area contributed by atoms with Gasteiger partial charge in [0.05, 0.1) is 12.2 Å². The third kappa shape index (κ3) is 3.81. The van der Waals surface area contributed by atoms with Crippen LogP contribution in [0.3, 0.4) is 0 Å². The summed E-state index contributed by atoms with van der Waals surface area (Å²) < 4.78 is 0. The Morgan fingerprint density at radius 1 is 1.28 bits per heavy atom. The van der Waals surface area contributed by atoms with Gasteiger partial charge in [-0.3, -0.25) is 9.59 Å². The lowest BCUT2D eigenvalue weighted by molar-refractivity contribution is -0.139. The summed E-state index contributed by atoms with van der Waals surface area (Å²) in [4.78, 5) is 36.9. The van der Waals surface area contributed by atoms with Crippen LogP contribution < -0.4 is 0 Å². The zero-order chi connectivity index (χ0) is 17.9. The Bertz CT molecular complexity index is 634. The Labute approximate surface area is 148 Å². The van der Waals surface area contributed by atoms with Crippen LogP contribution in [-0.4, -0.2) is 69.5 Å². The van der Waals surface area contributed by atoms with E-state index in [0.717, 1.165) is 38.1 Å². The average molecular weight is 346 g/mol. The molecule has 1 atom stereocenters. The summed E-state index contributed by atoms with van der Waals surface area (Å²) in [7, 11) is 0. The predicted octanol–water partition coefficient (Wildman–Crippen LogP) is 0.876. The summed E-state index contributed by atoms with van der Waals surface area (Å²) in [5.41, 5.74) is 0.467. The first-order chi connectivity index (χ1) is 12.1. The van der Waals surface area contributed by atoms with E-state index in [2.05, 4.69) is 9.97 Å². The molecule has 136 valence electrons. The van der Waals surface area contributed by atoms with Gasteiger partial charge in [0.15, 0.2) is 0 Å². The minimum atomic E-state index is -0.0544. The van der Waals surface area contributed by atoms with Crippen LogP contribution >= 0.6 is 0 Å². The number of aliphatic hydroxyl groups excluding tert-OH is 1. The van der Waals surface area contributed by atoms with Crippen molar-refractivity contribution < 1.29 is 14.7 Å². The van der Waals surface area contributed by atoms with Crippen molar-refractivity contribution >= 4 is 11.8 Å². The van der Waals surface area contributed by atoms with E-state index in [1.54, 1.807) is 17.3 Å². The summed E-state index contributed by atoms with van der Waals surface area (Å²) in [6.45, 7) is 4.34. The lowest BCUT2D eigenvalue weighted by atomic mass is 9.73. The van der Waals surface area contributed by atoms with E-state index < -0.39 is 0 Å². The van der Waals surface area contributed by atoms with Gasteiger partial charge in [0.1, 0.15) is 5.82 Å². The molecule has 1 spiro atoms. The van der Waals surface area contributed by atoms with Gasteiger partial charge in [0.25, 0.3) is 5.91 Å². The van der Waals surface area contributed by atoms with Gasteiger partial charge in [-0.15, -0.1) is 0 Å². The number of rotatable bonds is 4. The topological polar surface area (TPSA) is 86.6 Å². The van der Waals surface area contributed by atoms with Crippen molar-refractivity contribution in [3.8, 4) is 0 Å². The number of carbonyl (C=O) groups is 2. The Morgan fingerprint density at radius 3 is 2.72 bits per heavy atom. The fourth-order valence-electron chi connectivity index (χ4n) is 3.97. The van der Waals surface area contributed by atoms with Crippen molar-refractivity contribution in [2.24, 2.45) is 5.41 Å². The summed E-state index contributed by atoms with van der Waals surface area (Å²) in [6.07, 6.45) is 7.21. The fourth-order valence-corrected chi connectivity index (χ4v) is 3.97. The van der Waals surface area contributed by atoms with Crippen molar-refractivity contribution in [1.29, 1.82) is 0 Å². The molecular weight excluding hydrogens is 320 g/mol. The SMILES string of the molecule is CCc1ncc(C(=O)N2CCC[C@]3(CCC(=O)N(CCO)C3)C2)cn1. The number of likely N-dealkylation sites (tertiary alicyclic amines) is 2. The highest BCUT2D eigenvalue weighted by Gasteiger charge is 2.42. The number of aryl methyl sites for hydroxylation is 1. The Kier molecular flexibility index (Phi) is 5.32. The number of piperidine rings is 2. The Balaban J connectivity index is 1.71. The van der Waals surface area contributed by atoms with E-state index in [1.807, 2.05) is 11.8 Å². The monoisotopic (exact) mass is 346 g/mol. The third-order valence-corrected chi connectivity index (χ3v) is 5.34. The summed E-state index contributed by atoms with van der Waals surface area (Å²) >= 11 is 0. The van der Waals surface area contributed by atoms with Crippen LogP contribution in [0, 0.1) is 5.41 Å². The molecule has 1 aromatic heterocycles. The van der Waals surface area contributed by atoms with Gasteiger partial charge in [-0.2, -0.15) is 0 Å². The second-order valence-corrected chi connectivity index (χ2v) is 7.11. The molecule has 1 aromatic rings. The molecule has 2 saturated heterocycles.